The lowest BCUT2D eigenvalue weighted by Gasteiger charge is -2.06. The zero-order valence-electron chi connectivity index (χ0n) is 17.6. The Bertz CT molecular complexity index is 1320. The molecule has 0 spiro atoms. The van der Waals surface area contributed by atoms with Gasteiger partial charge in [-0.1, -0.05) is 65.7 Å². The molecule has 0 radical (unpaired) electrons. The number of hydrogen-bond acceptors (Lipinski definition) is 2. The first-order valence-electron chi connectivity index (χ1n) is 10.2. The smallest absolute Gasteiger partial charge is 0.266 e. The van der Waals surface area contributed by atoms with Crippen molar-refractivity contribution in [2.45, 2.75) is 20.4 Å². The Balaban J connectivity index is 1.67. The van der Waals surface area contributed by atoms with Crippen LogP contribution in [0.4, 0.5) is 5.69 Å². The maximum Gasteiger partial charge on any atom is 0.266 e. The highest BCUT2D eigenvalue weighted by Crippen LogP contribution is 2.25. The molecule has 0 unspecified atom stereocenters. The molecule has 1 heterocycles. The molecule has 0 saturated carbocycles. The maximum atomic E-state index is 12.7. The molecule has 4 nitrogen and oxygen atoms in total. The average Bonchev–Trinajstić information content (AvgIpc) is 3.11. The van der Waals surface area contributed by atoms with Gasteiger partial charge in [-0.2, -0.15) is 5.26 Å². The Kier molecular flexibility index (Phi) is 5.68. The van der Waals surface area contributed by atoms with Crippen molar-refractivity contribution in [1.29, 1.82) is 5.26 Å². The molecule has 0 aliphatic heterocycles. The fourth-order valence-corrected chi connectivity index (χ4v) is 3.67. The summed E-state index contributed by atoms with van der Waals surface area (Å²) in [5.74, 6) is -0.415. The van der Waals surface area contributed by atoms with E-state index in [4.69, 9.17) is 0 Å². The monoisotopic (exact) mass is 405 g/mol. The van der Waals surface area contributed by atoms with Crippen LogP contribution in [0.15, 0.2) is 84.6 Å². The van der Waals surface area contributed by atoms with E-state index in [0.29, 0.717) is 12.2 Å². The molecule has 0 fully saturated rings. The van der Waals surface area contributed by atoms with Crippen LogP contribution in [-0.2, 0) is 11.3 Å². The number of carbonyl (C=O) groups excluding carboxylic acids is 1. The second-order valence-electron chi connectivity index (χ2n) is 7.71. The fraction of sp³-hybridized carbons (Fsp3) is 0.111. The van der Waals surface area contributed by atoms with E-state index >= 15 is 0 Å². The highest BCUT2D eigenvalue weighted by atomic mass is 16.1. The molecule has 0 bridgehead atoms. The first kappa shape index (κ1) is 20.2. The van der Waals surface area contributed by atoms with Crippen LogP contribution < -0.4 is 5.32 Å². The number of anilines is 1. The number of fused-ring (bicyclic) bond motifs is 1. The number of nitriles is 1. The number of hydrogen-bond donors (Lipinski definition) is 1. The van der Waals surface area contributed by atoms with Gasteiger partial charge < -0.3 is 9.88 Å². The summed E-state index contributed by atoms with van der Waals surface area (Å²) in [6, 6.07) is 26.0. The van der Waals surface area contributed by atoms with Crippen LogP contribution in [0, 0.1) is 25.2 Å². The lowest BCUT2D eigenvalue weighted by molar-refractivity contribution is -0.112. The van der Waals surface area contributed by atoms with Gasteiger partial charge in [-0.3, -0.25) is 4.79 Å². The molecule has 31 heavy (non-hydrogen) atoms. The van der Waals surface area contributed by atoms with Gasteiger partial charge in [0, 0.05) is 34.9 Å². The van der Waals surface area contributed by atoms with Crippen molar-refractivity contribution >= 4 is 28.6 Å². The Morgan fingerprint density at radius 2 is 1.77 bits per heavy atom. The first-order valence-corrected chi connectivity index (χ1v) is 10.2. The van der Waals surface area contributed by atoms with Crippen molar-refractivity contribution in [2.75, 3.05) is 5.32 Å². The SMILES string of the molecule is Cc1ccc(NC(=O)/C(C#N)=C\c2cn(Cc3cccc(C)c3)c3ccccc23)cc1. The van der Waals surface area contributed by atoms with Crippen molar-refractivity contribution in [3.63, 3.8) is 0 Å². The Morgan fingerprint density at radius 3 is 2.52 bits per heavy atom. The van der Waals surface area contributed by atoms with Crippen LogP contribution in [0.3, 0.4) is 0 Å². The normalized spacial score (nSPS) is 11.3. The topological polar surface area (TPSA) is 57.8 Å². The van der Waals surface area contributed by atoms with Gasteiger partial charge in [0.25, 0.3) is 5.91 Å². The molecular weight excluding hydrogens is 382 g/mol. The van der Waals surface area contributed by atoms with Gasteiger partial charge in [0.05, 0.1) is 0 Å². The van der Waals surface area contributed by atoms with E-state index in [2.05, 4.69) is 53.2 Å². The van der Waals surface area contributed by atoms with Crippen LogP contribution in [0.5, 0.6) is 0 Å². The van der Waals surface area contributed by atoms with Gasteiger partial charge in [0.2, 0.25) is 0 Å². The summed E-state index contributed by atoms with van der Waals surface area (Å²) in [5, 5.41) is 13.4. The molecule has 4 aromatic rings. The van der Waals surface area contributed by atoms with E-state index in [0.717, 1.165) is 22.0 Å². The number of nitrogens with one attached hydrogen (secondary N) is 1. The van der Waals surface area contributed by atoms with E-state index < -0.39 is 5.91 Å². The molecule has 0 aliphatic rings. The summed E-state index contributed by atoms with van der Waals surface area (Å²) in [4.78, 5) is 12.7. The van der Waals surface area contributed by atoms with Gasteiger partial charge in [-0.05, 0) is 43.7 Å². The zero-order chi connectivity index (χ0) is 21.8. The number of para-hydroxylation sites is 1. The minimum Gasteiger partial charge on any atom is -0.342 e. The van der Waals surface area contributed by atoms with Gasteiger partial charge in [-0.25, -0.2) is 0 Å². The molecule has 3 aromatic carbocycles. The van der Waals surface area contributed by atoms with Crippen molar-refractivity contribution < 1.29 is 4.79 Å². The third kappa shape index (κ3) is 4.57. The van der Waals surface area contributed by atoms with E-state index in [1.165, 1.54) is 11.1 Å². The second kappa shape index (κ2) is 8.73. The maximum absolute atomic E-state index is 12.7. The van der Waals surface area contributed by atoms with E-state index in [1.54, 1.807) is 6.08 Å². The second-order valence-corrected chi connectivity index (χ2v) is 7.71. The number of benzene rings is 3. The number of amides is 1. The first-order chi connectivity index (χ1) is 15.0. The van der Waals surface area contributed by atoms with E-state index in [1.807, 2.05) is 55.6 Å². The van der Waals surface area contributed by atoms with Crippen molar-refractivity contribution in [2.24, 2.45) is 0 Å². The number of carbonyl (C=O) groups is 1. The minimum atomic E-state index is -0.415. The molecule has 4 heteroatoms. The van der Waals surface area contributed by atoms with Gasteiger partial charge >= 0.3 is 0 Å². The molecule has 4 rings (SSSR count). The van der Waals surface area contributed by atoms with Crippen LogP contribution in [-0.4, -0.2) is 10.5 Å². The summed E-state index contributed by atoms with van der Waals surface area (Å²) in [6.07, 6.45) is 3.67. The lowest BCUT2D eigenvalue weighted by atomic mass is 10.1. The minimum absolute atomic E-state index is 0.0685. The molecule has 0 aliphatic carbocycles. The quantitative estimate of drug-likeness (QED) is 0.334. The molecule has 1 N–H and O–H groups in total. The standard InChI is InChI=1S/C27H23N3O/c1-19-10-12-24(13-11-19)29-27(31)22(16-28)15-23-18-30(26-9-4-3-8-25(23)26)17-21-7-5-6-20(2)14-21/h3-15,18H,17H2,1-2H3,(H,29,31)/b22-15-. The summed E-state index contributed by atoms with van der Waals surface area (Å²) < 4.78 is 2.16. The number of rotatable bonds is 5. The van der Waals surface area contributed by atoms with Crippen molar-refractivity contribution in [3.05, 3.63) is 107 Å². The van der Waals surface area contributed by atoms with Gasteiger partial charge in [0.1, 0.15) is 11.6 Å². The third-order valence-electron chi connectivity index (χ3n) is 5.23. The van der Waals surface area contributed by atoms with Crippen LogP contribution in [0.1, 0.15) is 22.3 Å². The van der Waals surface area contributed by atoms with Gasteiger partial charge in [0.15, 0.2) is 0 Å². The zero-order valence-corrected chi connectivity index (χ0v) is 17.6. The Morgan fingerprint density at radius 1 is 1.00 bits per heavy atom. The summed E-state index contributed by atoms with van der Waals surface area (Å²) >= 11 is 0. The molecule has 0 atom stereocenters. The van der Waals surface area contributed by atoms with E-state index in [9.17, 15) is 10.1 Å². The summed E-state index contributed by atoms with van der Waals surface area (Å²) in [7, 11) is 0. The molecule has 152 valence electrons. The highest BCUT2D eigenvalue weighted by Gasteiger charge is 2.13. The number of nitrogens with zero attached hydrogens (tertiary/aromatic N) is 2. The van der Waals surface area contributed by atoms with Crippen molar-refractivity contribution in [3.8, 4) is 6.07 Å². The van der Waals surface area contributed by atoms with Gasteiger partial charge in [-0.15, -0.1) is 0 Å². The number of aromatic nitrogens is 1. The van der Waals surface area contributed by atoms with E-state index in [-0.39, 0.29) is 5.57 Å². The molecule has 1 amide bonds. The summed E-state index contributed by atoms with van der Waals surface area (Å²) in [5.41, 5.74) is 6.17. The predicted octanol–water partition coefficient (Wildman–Crippen LogP) is 5.85. The predicted molar refractivity (Wildman–Crippen MR) is 126 cm³/mol. The Labute approximate surface area is 182 Å². The lowest BCUT2D eigenvalue weighted by Crippen LogP contribution is -2.13. The Hall–Kier alpha value is -4.10. The third-order valence-corrected chi connectivity index (χ3v) is 5.23. The van der Waals surface area contributed by atoms with Crippen LogP contribution in [0.25, 0.3) is 17.0 Å². The number of aryl methyl sites for hydroxylation is 2. The van der Waals surface area contributed by atoms with Crippen LogP contribution in [0.2, 0.25) is 0 Å². The fourth-order valence-electron chi connectivity index (χ4n) is 3.67. The van der Waals surface area contributed by atoms with Crippen LogP contribution >= 0.6 is 0 Å². The highest BCUT2D eigenvalue weighted by molar-refractivity contribution is 6.10. The van der Waals surface area contributed by atoms with Crippen molar-refractivity contribution in [1.82, 2.24) is 4.57 Å². The average molecular weight is 406 g/mol. The molecule has 0 saturated heterocycles. The molecular formula is C27H23N3O. The largest absolute Gasteiger partial charge is 0.342 e. The summed E-state index contributed by atoms with van der Waals surface area (Å²) in [6.45, 7) is 4.78. The molecule has 1 aromatic heterocycles.